The van der Waals surface area contributed by atoms with Crippen molar-refractivity contribution in [2.24, 2.45) is 11.3 Å². The van der Waals surface area contributed by atoms with Crippen LogP contribution in [-0.2, 0) is 4.79 Å². The Kier molecular flexibility index (Phi) is 5.50. The number of nitrogens with zero attached hydrogens (tertiary/aromatic N) is 4. The van der Waals surface area contributed by atoms with Crippen molar-refractivity contribution in [3.05, 3.63) is 29.8 Å². The van der Waals surface area contributed by atoms with Crippen LogP contribution in [0.3, 0.4) is 0 Å². The molecule has 2 aromatic rings. The molecule has 1 saturated heterocycles. The second-order valence-corrected chi connectivity index (χ2v) is 8.87. The summed E-state index contributed by atoms with van der Waals surface area (Å²) in [6.07, 6.45) is 4.28. The molecule has 1 aromatic heterocycles. The van der Waals surface area contributed by atoms with Crippen LogP contribution in [0.25, 0.3) is 11.0 Å². The molecule has 2 atom stereocenters. The fraction of sp³-hybridized carbons (Fsp3) is 0.524. The van der Waals surface area contributed by atoms with Crippen molar-refractivity contribution in [2.45, 2.75) is 46.6 Å². The van der Waals surface area contributed by atoms with Gasteiger partial charge in [0.25, 0.3) is 0 Å². The summed E-state index contributed by atoms with van der Waals surface area (Å²) in [6, 6.07) is 3.14. The minimum absolute atomic E-state index is 0.0106. The minimum atomic E-state index is -0.488. The van der Waals surface area contributed by atoms with Gasteiger partial charge in [-0.1, -0.05) is 27.7 Å². The van der Waals surface area contributed by atoms with Crippen molar-refractivity contribution in [1.82, 2.24) is 15.3 Å². The molecule has 1 aliphatic heterocycles. The van der Waals surface area contributed by atoms with E-state index in [9.17, 15) is 14.4 Å². The number of hydrogen-bond acceptors (Lipinski definition) is 5. The molecule has 1 amide bonds. The van der Waals surface area contributed by atoms with E-state index in [4.69, 9.17) is 0 Å². The number of benzene rings is 1. The topological polar surface area (TPSA) is 81.9 Å². The summed E-state index contributed by atoms with van der Waals surface area (Å²) in [5.74, 6) is -0.203. The molecule has 148 valence electrons. The third-order valence-corrected chi connectivity index (χ3v) is 4.83. The van der Waals surface area contributed by atoms with Crippen LogP contribution in [0.1, 0.15) is 46.1 Å². The lowest BCUT2D eigenvalue weighted by molar-refractivity contribution is -0.123. The second-order valence-electron chi connectivity index (χ2n) is 8.87. The van der Waals surface area contributed by atoms with E-state index in [2.05, 4.69) is 22.2 Å². The first-order valence-electron chi connectivity index (χ1n) is 9.55. The highest BCUT2D eigenvalue weighted by atomic mass is 19.1. The number of amides is 1. The lowest BCUT2D eigenvalue weighted by atomic mass is 9.91. The number of piperidine rings is 1. The number of halogens is 1. The first-order valence-corrected chi connectivity index (χ1v) is 9.55. The highest BCUT2D eigenvalue weighted by molar-refractivity contribution is 5.92. The number of fused-ring (bicyclic) bond motifs is 1. The molecule has 0 saturated carbocycles. The maximum Gasteiger partial charge on any atom is 0.220 e. The maximum absolute atomic E-state index is 14.9. The van der Waals surface area contributed by atoms with Gasteiger partial charge in [0.05, 0.1) is 5.56 Å². The normalized spacial score (nSPS) is 20.1. The smallest absolute Gasteiger partial charge is 0.220 e. The molecule has 28 heavy (non-hydrogen) atoms. The Morgan fingerprint density at radius 1 is 1.32 bits per heavy atom. The molecule has 0 spiro atoms. The Morgan fingerprint density at radius 2 is 2.00 bits per heavy atom. The molecule has 0 aliphatic carbocycles. The number of hydrogen-bond donors (Lipinski definition) is 1. The van der Waals surface area contributed by atoms with Crippen molar-refractivity contribution >= 4 is 22.6 Å². The standard InChI is InChI=1S/C21H26FN5O/c1-13-7-15(26-17(28)9-21(2,3)4)12-27(11-13)20-16(22)8-14(10-23)18-19(20)25-6-5-24-18/h5-6,8,13,15H,7,9,11-12H2,1-4H3,(H,26,28)/t13-,15+/m0/s1. The van der Waals surface area contributed by atoms with Crippen molar-refractivity contribution in [3.8, 4) is 6.07 Å². The van der Waals surface area contributed by atoms with Crippen LogP contribution in [0.15, 0.2) is 18.5 Å². The third-order valence-electron chi connectivity index (χ3n) is 4.83. The molecule has 3 rings (SSSR count). The predicted octanol–water partition coefficient (Wildman–Crippen LogP) is 3.41. The largest absolute Gasteiger partial charge is 0.365 e. The zero-order valence-corrected chi connectivity index (χ0v) is 16.8. The third kappa shape index (κ3) is 4.38. The van der Waals surface area contributed by atoms with Gasteiger partial charge in [0.2, 0.25) is 5.91 Å². The van der Waals surface area contributed by atoms with E-state index in [1.54, 1.807) is 0 Å². The number of aromatic nitrogens is 2. The predicted molar refractivity (Wildman–Crippen MR) is 106 cm³/mol. The number of nitriles is 1. The molecular formula is C21H26FN5O. The van der Waals surface area contributed by atoms with Gasteiger partial charge in [-0.05, 0) is 23.8 Å². The Hall–Kier alpha value is -2.75. The highest BCUT2D eigenvalue weighted by Crippen LogP contribution is 2.33. The Bertz CT molecular complexity index is 931. The second kappa shape index (κ2) is 7.70. The first-order chi connectivity index (χ1) is 13.2. The van der Waals surface area contributed by atoms with E-state index in [1.165, 1.54) is 18.5 Å². The average Bonchev–Trinajstić information content (AvgIpc) is 2.58. The van der Waals surface area contributed by atoms with Crippen molar-refractivity contribution < 1.29 is 9.18 Å². The number of anilines is 1. The maximum atomic E-state index is 14.9. The van der Waals surface area contributed by atoms with Gasteiger partial charge < -0.3 is 10.2 Å². The van der Waals surface area contributed by atoms with Gasteiger partial charge in [-0.2, -0.15) is 5.26 Å². The van der Waals surface area contributed by atoms with Gasteiger partial charge in [-0.3, -0.25) is 14.8 Å². The number of carbonyl (C=O) groups excluding carboxylic acids is 1. The molecule has 2 heterocycles. The quantitative estimate of drug-likeness (QED) is 0.878. The van der Waals surface area contributed by atoms with Gasteiger partial charge in [0, 0.05) is 37.9 Å². The number of rotatable bonds is 3. The zero-order chi connectivity index (χ0) is 20.5. The molecular weight excluding hydrogens is 357 g/mol. The Morgan fingerprint density at radius 3 is 2.64 bits per heavy atom. The van der Waals surface area contributed by atoms with Crippen LogP contribution in [-0.4, -0.2) is 35.0 Å². The summed E-state index contributed by atoms with van der Waals surface area (Å²) in [6.45, 7) is 9.32. The SMILES string of the molecule is C[C@H]1C[C@@H](NC(=O)CC(C)(C)C)CN(c2c(F)cc(C#N)c3nccnc23)C1. The molecule has 1 N–H and O–H groups in total. The van der Waals surface area contributed by atoms with Gasteiger partial charge in [0.15, 0.2) is 0 Å². The highest BCUT2D eigenvalue weighted by Gasteiger charge is 2.30. The molecule has 1 aliphatic rings. The van der Waals surface area contributed by atoms with Crippen LogP contribution in [0.5, 0.6) is 0 Å². The monoisotopic (exact) mass is 383 g/mol. The van der Waals surface area contributed by atoms with E-state index >= 15 is 0 Å². The summed E-state index contributed by atoms with van der Waals surface area (Å²) in [5, 5.41) is 12.4. The average molecular weight is 383 g/mol. The molecule has 0 radical (unpaired) electrons. The number of nitrogens with one attached hydrogen (secondary N) is 1. The van der Waals surface area contributed by atoms with Crippen LogP contribution in [0.4, 0.5) is 10.1 Å². The van der Waals surface area contributed by atoms with Crippen molar-refractivity contribution in [2.75, 3.05) is 18.0 Å². The van der Waals surface area contributed by atoms with E-state index < -0.39 is 5.82 Å². The Labute approximate surface area is 164 Å². The van der Waals surface area contributed by atoms with Crippen LogP contribution in [0, 0.1) is 28.5 Å². The molecule has 1 aromatic carbocycles. The summed E-state index contributed by atoms with van der Waals surface area (Å²) < 4.78 is 14.9. The molecule has 0 unspecified atom stereocenters. The fourth-order valence-corrected chi connectivity index (χ4v) is 3.87. The molecule has 6 nitrogen and oxygen atoms in total. The molecule has 1 fully saturated rings. The number of carbonyl (C=O) groups is 1. The van der Waals surface area contributed by atoms with E-state index in [1.807, 2.05) is 31.7 Å². The zero-order valence-electron chi connectivity index (χ0n) is 16.8. The van der Waals surface area contributed by atoms with Crippen LogP contribution < -0.4 is 10.2 Å². The minimum Gasteiger partial charge on any atom is -0.365 e. The fourth-order valence-electron chi connectivity index (χ4n) is 3.87. The Balaban J connectivity index is 1.90. The molecule has 7 heteroatoms. The van der Waals surface area contributed by atoms with Crippen LogP contribution >= 0.6 is 0 Å². The summed E-state index contributed by atoms with van der Waals surface area (Å²) in [4.78, 5) is 22.8. The lowest BCUT2D eigenvalue weighted by Crippen LogP contribution is -2.51. The van der Waals surface area contributed by atoms with Gasteiger partial charge >= 0.3 is 0 Å². The van der Waals surface area contributed by atoms with Crippen molar-refractivity contribution in [3.63, 3.8) is 0 Å². The first kappa shape index (κ1) is 20.0. The van der Waals surface area contributed by atoms with Gasteiger partial charge in [-0.15, -0.1) is 0 Å². The van der Waals surface area contributed by atoms with E-state index in [0.29, 0.717) is 36.2 Å². The van der Waals surface area contributed by atoms with Gasteiger partial charge in [0.1, 0.15) is 28.6 Å². The van der Waals surface area contributed by atoms with Crippen LogP contribution in [0.2, 0.25) is 0 Å². The molecule has 0 bridgehead atoms. The van der Waals surface area contributed by atoms with E-state index in [-0.39, 0.29) is 28.8 Å². The van der Waals surface area contributed by atoms with Gasteiger partial charge in [-0.25, -0.2) is 4.39 Å². The van der Waals surface area contributed by atoms with E-state index in [0.717, 1.165) is 6.42 Å². The lowest BCUT2D eigenvalue weighted by Gasteiger charge is -2.38. The summed E-state index contributed by atoms with van der Waals surface area (Å²) in [5.41, 5.74) is 1.21. The van der Waals surface area contributed by atoms with Crippen molar-refractivity contribution in [1.29, 1.82) is 5.26 Å². The summed E-state index contributed by atoms with van der Waals surface area (Å²) in [7, 11) is 0. The summed E-state index contributed by atoms with van der Waals surface area (Å²) >= 11 is 0.